The summed E-state index contributed by atoms with van der Waals surface area (Å²) >= 11 is 0. The lowest BCUT2D eigenvalue weighted by molar-refractivity contribution is -0.146. The lowest BCUT2D eigenvalue weighted by atomic mass is 9.70. The summed E-state index contributed by atoms with van der Waals surface area (Å²) in [6, 6.07) is 0. The highest BCUT2D eigenvalue weighted by Crippen LogP contribution is 2.65. The molecule has 2 fully saturated rings. The molecule has 2 rings (SSSR count). The molecule has 21 heavy (non-hydrogen) atoms. The Morgan fingerprint density at radius 2 is 2.14 bits per heavy atom. The predicted molar refractivity (Wildman–Crippen MR) is 82.6 cm³/mol. The number of rotatable bonds is 5. The Morgan fingerprint density at radius 3 is 2.62 bits per heavy atom. The molecule has 3 heteroatoms. The standard InChI is InChI=1S/C18H26O3/c1-6-8-12(16(20)21-7-2)11-13-14-9-10-18(5,15(13)19)17(14,3)4/h6,11-12,14H,1,7-10H2,2-5H3/b13-11+/t12-,14-,18+/m0/s1. The van der Waals surface area contributed by atoms with Crippen molar-refractivity contribution in [2.45, 2.75) is 47.0 Å². The minimum Gasteiger partial charge on any atom is -0.466 e. The van der Waals surface area contributed by atoms with Gasteiger partial charge in [-0.2, -0.15) is 0 Å². The van der Waals surface area contributed by atoms with E-state index in [-0.39, 0.29) is 34.4 Å². The third kappa shape index (κ3) is 2.27. The molecule has 2 saturated carbocycles. The highest BCUT2D eigenvalue weighted by Gasteiger charge is 2.63. The Morgan fingerprint density at radius 1 is 1.48 bits per heavy atom. The Kier molecular flexibility index (Phi) is 4.14. The summed E-state index contributed by atoms with van der Waals surface area (Å²) in [7, 11) is 0. The van der Waals surface area contributed by atoms with Crippen LogP contribution in [-0.2, 0) is 14.3 Å². The smallest absolute Gasteiger partial charge is 0.313 e. The van der Waals surface area contributed by atoms with E-state index in [0.29, 0.717) is 13.0 Å². The van der Waals surface area contributed by atoms with Gasteiger partial charge < -0.3 is 4.74 Å². The summed E-state index contributed by atoms with van der Waals surface area (Å²) in [5, 5.41) is 0. The Hall–Kier alpha value is -1.38. The van der Waals surface area contributed by atoms with Gasteiger partial charge in [0.15, 0.2) is 5.78 Å². The van der Waals surface area contributed by atoms with Crippen LogP contribution in [0.4, 0.5) is 0 Å². The number of ketones is 1. The van der Waals surface area contributed by atoms with Crippen molar-refractivity contribution < 1.29 is 14.3 Å². The van der Waals surface area contributed by atoms with Crippen molar-refractivity contribution in [1.29, 1.82) is 0 Å². The average molecular weight is 290 g/mol. The molecule has 0 aromatic carbocycles. The molecule has 0 spiro atoms. The number of esters is 1. The van der Waals surface area contributed by atoms with Crippen LogP contribution in [0.3, 0.4) is 0 Å². The van der Waals surface area contributed by atoms with Crippen molar-refractivity contribution in [3.63, 3.8) is 0 Å². The molecule has 2 bridgehead atoms. The summed E-state index contributed by atoms with van der Waals surface area (Å²) < 4.78 is 5.12. The number of carbonyl (C=O) groups excluding carboxylic acids is 2. The van der Waals surface area contributed by atoms with Gasteiger partial charge in [0.1, 0.15) is 0 Å². The second kappa shape index (κ2) is 5.43. The summed E-state index contributed by atoms with van der Waals surface area (Å²) in [6.07, 6.45) is 6.07. The zero-order valence-electron chi connectivity index (χ0n) is 13.6. The van der Waals surface area contributed by atoms with E-state index in [1.54, 1.807) is 13.0 Å². The van der Waals surface area contributed by atoms with E-state index in [1.807, 2.05) is 6.08 Å². The predicted octanol–water partition coefficient (Wildman–Crippen LogP) is 3.69. The molecule has 0 saturated heterocycles. The fraction of sp³-hybridized carbons (Fsp3) is 0.667. The molecular weight excluding hydrogens is 264 g/mol. The van der Waals surface area contributed by atoms with E-state index in [2.05, 4.69) is 27.4 Å². The molecule has 3 nitrogen and oxygen atoms in total. The number of hydrogen-bond donors (Lipinski definition) is 0. The van der Waals surface area contributed by atoms with Gasteiger partial charge in [0.05, 0.1) is 12.5 Å². The first-order chi connectivity index (χ1) is 9.79. The molecule has 0 aliphatic heterocycles. The molecule has 2 aliphatic carbocycles. The van der Waals surface area contributed by atoms with Crippen molar-refractivity contribution in [3.8, 4) is 0 Å². The monoisotopic (exact) mass is 290 g/mol. The van der Waals surface area contributed by atoms with Crippen LogP contribution < -0.4 is 0 Å². The maximum Gasteiger partial charge on any atom is 0.313 e. The molecule has 3 atom stereocenters. The maximum absolute atomic E-state index is 12.8. The fourth-order valence-corrected chi connectivity index (χ4v) is 4.00. The first-order valence-corrected chi connectivity index (χ1v) is 7.83. The highest BCUT2D eigenvalue weighted by molar-refractivity contribution is 6.05. The minimum atomic E-state index is -0.389. The van der Waals surface area contributed by atoms with Gasteiger partial charge in [-0.3, -0.25) is 9.59 Å². The van der Waals surface area contributed by atoms with Crippen molar-refractivity contribution >= 4 is 11.8 Å². The van der Waals surface area contributed by atoms with Crippen molar-refractivity contribution in [2.24, 2.45) is 22.7 Å². The summed E-state index contributed by atoms with van der Waals surface area (Å²) in [5.74, 6) is -0.164. The molecule has 0 heterocycles. The molecule has 2 aliphatic rings. The van der Waals surface area contributed by atoms with Crippen LogP contribution in [0.15, 0.2) is 24.3 Å². The molecule has 0 radical (unpaired) electrons. The minimum absolute atomic E-state index is 0.0245. The van der Waals surface area contributed by atoms with Crippen LogP contribution in [0.25, 0.3) is 0 Å². The van der Waals surface area contributed by atoms with Gasteiger partial charge in [0, 0.05) is 5.41 Å². The Bertz CT molecular complexity index is 501. The number of hydrogen-bond acceptors (Lipinski definition) is 3. The molecule has 0 unspecified atom stereocenters. The summed E-state index contributed by atoms with van der Waals surface area (Å²) in [4.78, 5) is 24.8. The van der Waals surface area contributed by atoms with Gasteiger partial charge in [-0.05, 0) is 43.1 Å². The maximum atomic E-state index is 12.8. The number of Topliss-reactive ketones (excluding diaryl/α,β-unsaturated/α-hetero) is 1. The van der Waals surface area contributed by atoms with Crippen LogP contribution in [0, 0.1) is 22.7 Å². The Balaban J connectivity index is 2.34. The third-order valence-corrected chi connectivity index (χ3v) is 5.76. The fourth-order valence-electron chi connectivity index (χ4n) is 4.00. The van der Waals surface area contributed by atoms with E-state index in [4.69, 9.17) is 4.74 Å². The third-order valence-electron chi connectivity index (χ3n) is 5.76. The van der Waals surface area contributed by atoms with E-state index >= 15 is 0 Å². The zero-order valence-corrected chi connectivity index (χ0v) is 13.6. The largest absolute Gasteiger partial charge is 0.466 e. The lowest BCUT2D eigenvalue weighted by Crippen LogP contribution is -2.32. The first-order valence-electron chi connectivity index (χ1n) is 7.83. The number of fused-ring (bicyclic) bond motifs is 2. The van der Waals surface area contributed by atoms with Crippen molar-refractivity contribution in [2.75, 3.05) is 6.61 Å². The summed E-state index contributed by atoms with van der Waals surface area (Å²) in [6.45, 7) is 12.3. The van der Waals surface area contributed by atoms with Gasteiger partial charge in [-0.25, -0.2) is 0 Å². The quantitative estimate of drug-likeness (QED) is 0.440. The van der Waals surface area contributed by atoms with E-state index in [1.165, 1.54) is 0 Å². The molecule has 116 valence electrons. The average Bonchev–Trinajstić information content (AvgIpc) is 2.72. The SMILES string of the molecule is C=CC[C@@H](/C=C1/C(=O)[C@@]2(C)CC[C@@H]1C2(C)C)C(=O)OCC. The van der Waals surface area contributed by atoms with E-state index in [9.17, 15) is 9.59 Å². The van der Waals surface area contributed by atoms with Crippen LogP contribution in [0.1, 0.15) is 47.0 Å². The normalized spacial score (nSPS) is 33.2. The van der Waals surface area contributed by atoms with Gasteiger partial charge in [-0.1, -0.05) is 32.9 Å². The topological polar surface area (TPSA) is 43.4 Å². The summed E-state index contributed by atoms with van der Waals surface area (Å²) in [5.41, 5.74) is 0.536. The number of ether oxygens (including phenoxy) is 1. The van der Waals surface area contributed by atoms with Crippen LogP contribution in [0.2, 0.25) is 0 Å². The van der Waals surface area contributed by atoms with Crippen LogP contribution in [-0.4, -0.2) is 18.4 Å². The molecule has 0 aromatic rings. The van der Waals surface area contributed by atoms with E-state index < -0.39 is 0 Å². The van der Waals surface area contributed by atoms with Crippen LogP contribution in [0.5, 0.6) is 0 Å². The Labute approximate surface area is 127 Å². The molecule has 0 amide bonds. The number of carbonyl (C=O) groups is 2. The lowest BCUT2D eigenvalue weighted by Gasteiger charge is -2.31. The number of allylic oxidation sites excluding steroid dienone is 2. The van der Waals surface area contributed by atoms with Gasteiger partial charge >= 0.3 is 5.97 Å². The van der Waals surface area contributed by atoms with Gasteiger partial charge in [0.25, 0.3) is 0 Å². The van der Waals surface area contributed by atoms with Crippen LogP contribution >= 0.6 is 0 Å². The second-order valence-electron chi connectivity index (χ2n) is 6.98. The van der Waals surface area contributed by atoms with Gasteiger partial charge in [-0.15, -0.1) is 6.58 Å². The highest BCUT2D eigenvalue weighted by atomic mass is 16.5. The molecular formula is C18H26O3. The second-order valence-corrected chi connectivity index (χ2v) is 6.98. The molecule has 0 N–H and O–H groups in total. The first kappa shape index (κ1) is 16.0. The molecule has 0 aromatic heterocycles. The van der Waals surface area contributed by atoms with Crippen molar-refractivity contribution in [1.82, 2.24) is 0 Å². The zero-order chi connectivity index (χ0) is 15.8. The van der Waals surface area contributed by atoms with Crippen molar-refractivity contribution in [3.05, 3.63) is 24.3 Å². The van der Waals surface area contributed by atoms with E-state index in [0.717, 1.165) is 18.4 Å². The van der Waals surface area contributed by atoms with Gasteiger partial charge in [0.2, 0.25) is 0 Å².